The molecule has 0 saturated carbocycles. The van der Waals surface area contributed by atoms with Crippen LogP contribution < -0.4 is 0 Å². The fourth-order valence-corrected chi connectivity index (χ4v) is 1.93. The van der Waals surface area contributed by atoms with E-state index < -0.39 is 5.97 Å². The van der Waals surface area contributed by atoms with E-state index in [9.17, 15) is 4.79 Å². The predicted molar refractivity (Wildman–Crippen MR) is 58.5 cm³/mol. The van der Waals surface area contributed by atoms with E-state index in [0.29, 0.717) is 12.1 Å². The van der Waals surface area contributed by atoms with E-state index in [1.165, 1.54) is 0 Å². The lowest BCUT2D eigenvalue weighted by Crippen LogP contribution is -2.36. The lowest BCUT2D eigenvalue weighted by atomic mass is 10.2. The Balaban J connectivity index is 2.12. The highest BCUT2D eigenvalue weighted by Gasteiger charge is 2.18. The number of aromatic carboxylic acids is 1. The first-order chi connectivity index (χ1) is 7.68. The summed E-state index contributed by atoms with van der Waals surface area (Å²) in [6.07, 6.45) is 1.79. The number of aryl methyl sites for hydroxylation is 1. The minimum atomic E-state index is -0.858. The zero-order chi connectivity index (χ0) is 11.5. The summed E-state index contributed by atoms with van der Waals surface area (Å²) in [5.74, 6) is -0.858. The molecule has 2 rings (SSSR count). The molecule has 0 atom stereocenters. The second-order valence-corrected chi connectivity index (χ2v) is 3.98. The Kier molecular flexibility index (Phi) is 3.26. The van der Waals surface area contributed by atoms with Crippen molar-refractivity contribution in [1.29, 1.82) is 0 Å². The maximum absolute atomic E-state index is 11.0. The summed E-state index contributed by atoms with van der Waals surface area (Å²) in [5.41, 5.74) is 1.25. The molecule has 2 heterocycles. The second kappa shape index (κ2) is 4.67. The Morgan fingerprint density at radius 1 is 1.50 bits per heavy atom. The molecule has 1 aromatic rings. The number of carboxylic acid groups (broad SMARTS) is 1. The van der Waals surface area contributed by atoms with Crippen LogP contribution >= 0.6 is 0 Å². The molecule has 1 saturated heterocycles. The molecule has 88 valence electrons. The highest BCUT2D eigenvalue weighted by molar-refractivity contribution is 5.89. The third-order valence-corrected chi connectivity index (χ3v) is 2.91. The van der Waals surface area contributed by atoms with Crippen LogP contribution in [-0.4, -0.2) is 46.8 Å². The highest BCUT2D eigenvalue weighted by Crippen LogP contribution is 2.13. The van der Waals surface area contributed by atoms with Crippen molar-refractivity contribution in [2.75, 3.05) is 26.3 Å². The minimum absolute atomic E-state index is 0.397. The monoisotopic (exact) mass is 224 g/mol. The van der Waals surface area contributed by atoms with Gasteiger partial charge in [0.25, 0.3) is 0 Å². The van der Waals surface area contributed by atoms with Crippen molar-refractivity contribution in [3.8, 4) is 0 Å². The van der Waals surface area contributed by atoms with Gasteiger partial charge in [0.2, 0.25) is 0 Å². The number of hydrogen-bond donors (Lipinski definition) is 1. The number of rotatable bonds is 3. The Hall–Kier alpha value is -1.33. The van der Waals surface area contributed by atoms with Gasteiger partial charge in [0, 0.05) is 38.6 Å². The largest absolute Gasteiger partial charge is 0.478 e. The van der Waals surface area contributed by atoms with Crippen LogP contribution in [0.4, 0.5) is 0 Å². The summed E-state index contributed by atoms with van der Waals surface area (Å²) in [5, 5.41) is 9.05. The number of ether oxygens (including phenoxy) is 1. The van der Waals surface area contributed by atoms with Crippen molar-refractivity contribution in [3.63, 3.8) is 0 Å². The van der Waals surface area contributed by atoms with Crippen LogP contribution in [0.2, 0.25) is 0 Å². The molecular formula is C11H16N2O3. The topological polar surface area (TPSA) is 54.7 Å². The summed E-state index contributed by atoms with van der Waals surface area (Å²) in [6.45, 7) is 3.86. The molecule has 1 fully saturated rings. The average molecular weight is 224 g/mol. The van der Waals surface area contributed by atoms with Gasteiger partial charge in [0.1, 0.15) is 0 Å². The molecule has 0 amide bonds. The van der Waals surface area contributed by atoms with Gasteiger partial charge in [-0.25, -0.2) is 4.79 Å². The van der Waals surface area contributed by atoms with Crippen LogP contribution in [0.1, 0.15) is 16.1 Å². The molecule has 5 nitrogen and oxygen atoms in total. The van der Waals surface area contributed by atoms with Crippen molar-refractivity contribution in [2.45, 2.75) is 6.54 Å². The van der Waals surface area contributed by atoms with Crippen molar-refractivity contribution >= 4 is 5.97 Å². The number of aromatic nitrogens is 1. The molecule has 0 radical (unpaired) electrons. The van der Waals surface area contributed by atoms with Crippen LogP contribution in [0, 0.1) is 0 Å². The number of carbonyl (C=O) groups is 1. The number of morpholine rings is 1. The molecule has 0 spiro atoms. The fraction of sp³-hybridized carbons (Fsp3) is 0.545. The first-order valence-corrected chi connectivity index (χ1v) is 5.36. The normalized spacial score (nSPS) is 17.6. The Labute approximate surface area is 94.2 Å². The molecule has 0 unspecified atom stereocenters. The summed E-state index contributed by atoms with van der Waals surface area (Å²) < 4.78 is 7.14. The molecule has 1 N–H and O–H groups in total. The first kappa shape index (κ1) is 11.2. The van der Waals surface area contributed by atoms with Gasteiger partial charge >= 0.3 is 5.97 Å². The fourth-order valence-electron chi connectivity index (χ4n) is 1.93. The third kappa shape index (κ3) is 2.25. The number of carboxylic acids is 1. The Morgan fingerprint density at radius 2 is 2.19 bits per heavy atom. The number of nitrogens with zero attached hydrogens (tertiary/aromatic N) is 2. The summed E-state index contributed by atoms with van der Waals surface area (Å²) in [6, 6.07) is 1.65. The van der Waals surface area contributed by atoms with Gasteiger partial charge in [-0.2, -0.15) is 0 Å². The standard InChI is InChI=1S/C11H16N2O3/c1-12-3-2-9(11(14)15)10(12)8-13-4-6-16-7-5-13/h2-3H,4-8H2,1H3,(H,14,15). The average Bonchev–Trinajstić information content (AvgIpc) is 2.62. The Morgan fingerprint density at radius 3 is 2.81 bits per heavy atom. The van der Waals surface area contributed by atoms with E-state index in [1.807, 2.05) is 11.6 Å². The molecule has 1 aromatic heterocycles. The van der Waals surface area contributed by atoms with Crippen LogP contribution in [0.15, 0.2) is 12.3 Å². The van der Waals surface area contributed by atoms with Crippen LogP contribution in [0.5, 0.6) is 0 Å². The lowest BCUT2D eigenvalue weighted by molar-refractivity contribution is 0.0330. The molecule has 5 heteroatoms. The maximum atomic E-state index is 11.0. The lowest BCUT2D eigenvalue weighted by Gasteiger charge is -2.26. The molecule has 0 aromatic carbocycles. The van der Waals surface area contributed by atoms with E-state index in [1.54, 1.807) is 12.3 Å². The van der Waals surface area contributed by atoms with Gasteiger partial charge in [-0.3, -0.25) is 4.90 Å². The third-order valence-electron chi connectivity index (χ3n) is 2.91. The summed E-state index contributed by atoms with van der Waals surface area (Å²) in [7, 11) is 1.88. The van der Waals surface area contributed by atoms with Gasteiger partial charge < -0.3 is 14.4 Å². The van der Waals surface area contributed by atoms with Crippen LogP contribution in [0.3, 0.4) is 0 Å². The van der Waals surface area contributed by atoms with Crippen molar-refractivity contribution in [3.05, 3.63) is 23.5 Å². The summed E-state index contributed by atoms with van der Waals surface area (Å²) >= 11 is 0. The molecule has 1 aliphatic heterocycles. The predicted octanol–water partition coefficient (Wildman–Crippen LogP) is 0.556. The molecular weight excluding hydrogens is 208 g/mol. The summed E-state index contributed by atoms with van der Waals surface area (Å²) in [4.78, 5) is 13.2. The Bertz CT molecular complexity index is 381. The molecule has 1 aliphatic rings. The van der Waals surface area contributed by atoms with E-state index >= 15 is 0 Å². The van der Waals surface area contributed by atoms with E-state index in [4.69, 9.17) is 9.84 Å². The quantitative estimate of drug-likeness (QED) is 0.815. The highest BCUT2D eigenvalue weighted by atomic mass is 16.5. The van der Waals surface area contributed by atoms with E-state index in [-0.39, 0.29) is 0 Å². The van der Waals surface area contributed by atoms with Gasteiger partial charge in [-0.05, 0) is 6.07 Å². The van der Waals surface area contributed by atoms with Crippen molar-refractivity contribution < 1.29 is 14.6 Å². The number of hydrogen-bond acceptors (Lipinski definition) is 3. The van der Waals surface area contributed by atoms with Crippen molar-refractivity contribution in [2.24, 2.45) is 7.05 Å². The molecule has 16 heavy (non-hydrogen) atoms. The zero-order valence-corrected chi connectivity index (χ0v) is 9.35. The van der Waals surface area contributed by atoms with Gasteiger partial charge in [-0.1, -0.05) is 0 Å². The SMILES string of the molecule is Cn1ccc(C(=O)O)c1CN1CCOCC1. The van der Waals surface area contributed by atoms with Gasteiger partial charge in [0.15, 0.2) is 0 Å². The van der Waals surface area contributed by atoms with Gasteiger partial charge in [0.05, 0.1) is 18.8 Å². The minimum Gasteiger partial charge on any atom is -0.478 e. The van der Waals surface area contributed by atoms with Crippen molar-refractivity contribution in [1.82, 2.24) is 9.47 Å². The maximum Gasteiger partial charge on any atom is 0.337 e. The first-order valence-electron chi connectivity index (χ1n) is 5.36. The zero-order valence-electron chi connectivity index (χ0n) is 9.35. The van der Waals surface area contributed by atoms with Crippen LogP contribution in [0.25, 0.3) is 0 Å². The van der Waals surface area contributed by atoms with Crippen LogP contribution in [-0.2, 0) is 18.3 Å². The second-order valence-electron chi connectivity index (χ2n) is 3.98. The van der Waals surface area contributed by atoms with Gasteiger partial charge in [-0.15, -0.1) is 0 Å². The van der Waals surface area contributed by atoms with E-state index in [0.717, 1.165) is 32.0 Å². The molecule has 0 aliphatic carbocycles. The smallest absolute Gasteiger partial charge is 0.337 e. The van der Waals surface area contributed by atoms with E-state index in [2.05, 4.69) is 4.90 Å². The molecule has 0 bridgehead atoms.